The number of carbonyl (C=O) groups excluding carboxylic acids is 6. The molecule has 0 radical (unpaired) electrons. The fourth-order valence-electron chi connectivity index (χ4n) is 14.2. The summed E-state index contributed by atoms with van der Waals surface area (Å²) in [6.45, 7) is 16.0. The first-order valence-corrected chi connectivity index (χ1v) is 35.8. The normalized spacial score (nSPS) is 17.0. The zero-order valence-corrected chi connectivity index (χ0v) is 59.7. The van der Waals surface area contributed by atoms with E-state index in [1.807, 2.05) is 87.7 Å². The number of carbonyl (C=O) groups is 6. The summed E-state index contributed by atoms with van der Waals surface area (Å²) in [5, 5.41) is 27.9. The summed E-state index contributed by atoms with van der Waals surface area (Å²) in [6.07, 6.45) is 9.07. The third kappa shape index (κ3) is 16.2. The van der Waals surface area contributed by atoms with Gasteiger partial charge in [-0.05, 0) is 210 Å². The maximum atomic E-state index is 14.0. The summed E-state index contributed by atoms with van der Waals surface area (Å²) in [5.74, 6) is 6.95. The fourth-order valence-corrected chi connectivity index (χ4v) is 14.4. The van der Waals surface area contributed by atoms with Crippen LogP contribution in [-0.4, -0.2) is 127 Å². The number of nitrogens with two attached hydrogens (primary N) is 3. The third-order valence-electron chi connectivity index (χ3n) is 19.9. The number of hydrogen-bond acceptors (Lipinski definition) is 15. The molecule has 6 aromatic carbocycles. The summed E-state index contributed by atoms with van der Waals surface area (Å²) >= 11 is 5.93. The van der Waals surface area contributed by atoms with Crippen LogP contribution in [0.4, 0.5) is 31.9 Å². The second-order valence-corrected chi connectivity index (χ2v) is 27.4. The summed E-state index contributed by atoms with van der Waals surface area (Å²) in [4.78, 5) is 77.2. The molecule has 1 saturated carbocycles. The molecule has 8 heterocycles. The van der Waals surface area contributed by atoms with Gasteiger partial charge in [0.25, 0.3) is 23.6 Å². The molecule has 9 aromatic rings. The van der Waals surface area contributed by atoms with Crippen molar-refractivity contribution >= 4 is 70.2 Å². The largest absolute Gasteiger partial charge is 0.493 e. The minimum atomic E-state index is -0.808. The van der Waals surface area contributed by atoms with Crippen LogP contribution >= 0.6 is 11.6 Å². The first-order valence-electron chi connectivity index (χ1n) is 35.4. The highest BCUT2D eigenvalue weighted by molar-refractivity contribution is 6.30. The van der Waals surface area contributed by atoms with E-state index in [1.165, 1.54) is 31.1 Å². The number of aryl methyl sites for hydroxylation is 1. The van der Waals surface area contributed by atoms with Crippen LogP contribution in [-0.2, 0) is 14.4 Å². The van der Waals surface area contributed by atoms with Crippen LogP contribution in [0.5, 0.6) is 28.7 Å². The van der Waals surface area contributed by atoms with E-state index in [0.717, 1.165) is 78.8 Å². The number of nitrogens with zero attached hydrogens (tertiary/aromatic N) is 8. The van der Waals surface area contributed by atoms with Crippen LogP contribution in [0.2, 0.25) is 5.02 Å². The van der Waals surface area contributed by atoms with Crippen molar-refractivity contribution < 1.29 is 51.8 Å². The topological polar surface area (TPSA) is 316 Å². The van der Waals surface area contributed by atoms with Crippen molar-refractivity contribution in [2.75, 3.05) is 73.7 Å². The Balaban J connectivity index is 0.000000142. The first-order chi connectivity index (χ1) is 51.7. The molecule has 15 rings (SSSR count). The minimum Gasteiger partial charge on any atom is -0.493 e. The van der Waals surface area contributed by atoms with E-state index in [0.29, 0.717) is 136 Å². The number of nitrogens with one attached hydrogen (secondary N) is 4. The van der Waals surface area contributed by atoms with Crippen LogP contribution in [0.25, 0.3) is 33.8 Å². The lowest BCUT2D eigenvalue weighted by Crippen LogP contribution is -2.53. The molecule has 107 heavy (non-hydrogen) atoms. The van der Waals surface area contributed by atoms with Crippen molar-refractivity contribution in [3.63, 3.8) is 0 Å². The van der Waals surface area contributed by atoms with Gasteiger partial charge in [-0.25, -0.2) is 22.8 Å². The highest BCUT2D eigenvalue weighted by Gasteiger charge is 2.42. The smallest absolute Gasteiger partial charge is 0.298 e. The average molecular weight is 1470 g/mol. The van der Waals surface area contributed by atoms with Gasteiger partial charge in [0.15, 0.2) is 11.6 Å². The number of ether oxygens (including phenoxy) is 3. The van der Waals surface area contributed by atoms with Gasteiger partial charge < -0.3 is 62.5 Å². The molecular formula is C80H80ClF2N15O9. The molecule has 24 nitrogen and oxygen atoms in total. The second-order valence-electron chi connectivity index (χ2n) is 27.0. The number of hydrogen-bond donors (Lipinski definition) is 7. The Labute approximate surface area is 621 Å². The van der Waals surface area contributed by atoms with Gasteiger partial charge >= 0.3 is 0 Å². The Kier molecular flexibility index (Phi) is 21.9. The molecule has 3 atom stereocenters. The lowest BCUT2D eigenvalue weighted by atomic mass is 9.87. The van der Waals surface area contributed by atoms with Gasteiger partial charge in [0.1, 0.15) is 80.0 Å². The Bertz CT molecular complexity index is 4950. The van der Waals surface area contributed by atoms with Gasteiger partial charge in [-0.3, -0.25) is 28.8 Å². The van der Waals surface area contributed by atoms with E-state index in [9.17, 15) is 37.5 Å². The number of piperidine rings is 1. The number of amides is 6. The molecule has 0 spiro atoms. The third-order valence-corrected chi connectivity index (χ3v) is 20.1. The van der Waals surface area contributed by atoms with Crippen LogP contribution in [0.1, 0.15) is 112 Å². The van der Waals surface area contributed by atoms with Crippen LogP contribution < -0.4 is 52.7 Å². The van der Waals surface area contributed by atoms with Crippen molar-refractivity contribution in [1.29, 1.82) is 0 Å². The fraction of sp³-hybridized carbons (Fsp3) is 0.287. The molecule has 550 valence electrons. The van der Waals surface area contributed by atoms with E-state index in [4.69, 9.17) is 58.3 Å². The first kappa shape index (κ1) is 73.1. The number of anilines is 4. The quantitative estimate of drug-likeness (QED) is 0.0292. The van der Waals surface area contributed by atoms with Gasteiger partial charge in [-0.1, -0.05) is 42.8 Å². The van der Waals surface area contributed by atoms with E-state index < -0.39 is 29.4 Å². The molecule has 3 aromatic heterocycles. The molecule has 0 bridgehead atoms. The zero-order valence-electron chi connectivity index (χ0n) is 59.0. The van der Waals surface area contributed by atoms with Crippen molar-refractivity contribution in [3.05, 3.63) is 203 Å². The van der Waals surface area contributed by atoms with Crippen molar-refractivity contribution in [1.82, 2.24) is 39.1 Å². The Morgan fingerprint density at radius 3 is 1.59 bits per heavy atom. The van der Waals surface area contributed by atoms with E-state index in [-0.39, 0.29) is 53.4 Å². The number of likely N-dealkylation sites (tertiary alicyclic amines) is 2. The van der Waals surface area contributed by atoms with Gasteiger partial charge in [-0.2, -0.15) is 15.3 Å². The predicted octanol–water partition coefficient (Wildman–Crippen LogP) is 12.7. The maximum Gasteiger partial charge on any atom is 0.298 e. The molecule has 3 fully saturated rings. The van der Waals surface area contributed by atoms with Crippen LogP contribution in [0.3, 0.4) is 0 Å². The van der Waals surface area contributed by atoms with Gasteiger partial charge in [-0.15, -0.1) is 0 Å². The Morgan fingerprint density at radius 2 is 1.08 bits per heavy atom. The molecule has 27 heteroatoms. The van der Waals surface area contributed by atoms with E-state index in [2.05, 4.69) is 46.3 Å². The minimum absolute atomic E-state index is 0.0525. The van der Waals surface area contributed by atoms with Crippen LogP contribution in [0, 0.1) is 48.2 Å². The highest BCUT2D eigenvalue weighted by atomic mass is 35.5. The molecule has 6 amide bonds. The van der Waals surface area contributed by atoms with Gasteiger partial charge in [0.05, 0.1) is 24.7 Å². The molecule has 5 aliphatic heterocycles. The van der Waals surface area contributed by atoms with Crippen LogP contribution in [0.15, 0.2) is 159 Å². The van der Waals surface area contributed by atoms with Crippen molar-refractivity contribution in [2.45, 2.75) is 76.9 Å². The molecular weight excluding hydrogens is 1390 g/mol. The zero-order chi connectivity index (χ0) is 75.2. The van der Waals surface area contributed by atoms with E-state index in [1.54, 1.807) is 65.3 Å². The monoisotopic (exact) mass is 1470 g/mol. The molecule has 3 unspecified atom stereocenters. The summed E-state index contributed by atoms with van der Waals surface area (Å²) in [6, 6.07) is 37.7. The van der Waals surface area contributed by atoms with Gasteiger partial charge in [0, 0.05) is 90.8 Å². The molecule has 2 saturated heterocycles. The number of aromatic nitrogens is 6. The van der Waals surface area contributed by atoms with Gasteiger partial charge in [0.2, 0.25) is 11.8 Å². The molecule has 10 N–H and O–H groups in total. The Hall–Kier alpha value is -12.2. The standard InChI is InChI=1S/C28H27F2N5O3.C27H29N5O3.C25H24ClN5O3/c1-2-3-24(36)34-14-11-17(12-15-34)22-10-13-32-28-25(27(31)37)26(33-35(22)28)18-4-7-20(8-5-18)38-23-9-6-19(29)16-21(23)30;1-3-23(33)30-21-14-16(2)4-11-20(21)22-12-13-29-27-24(26(28)34)25(31-32(22)27)18-7-9-19(10-8-18)35-15-17-5-6-17;1-2-21(32)30-13-16(14-30)20-11-12-28-25-22(24(27)33)23(29-31(20)25)15-3-7-18(8-4-15)34-19-9-5-17(26)6-10-19/h4-9,16-17,22,32H,10-15H2,1H3,(H2,31,37);3-4,7-11,14,17,22,29H,1,5-6,12-13,15H2,2H3,(H2,28,34)(H,30,33);2-10,16,20,28H,1,11-14H2,(H2,27,33). The number of primary amides is 3. The van der Waals surface area contributed by atoms with E-state index >= 15 is 0 Å². The maximum absolute atomic E-state index is 14.0. The number of fused-ring (bicyclic) bond motifs is 3. The second kappa shape index (κ2) is 32.0. The lowest BCUT2D eigenvalue weighted by Gasteiger charge is -2.44. The predicted molar refractivity (Wildman–Crippen MR) is 403 cm³/mol. The molecule has 6 aliphatic rings. The summed E-state index contributed by atoms with van der Waals surface area (Å²) < 4.78 is 50.0. The number of benzene rings is 6. The molecule has 1 aliphatic carbocycles. The highest BCUT2D eigenvalue weighted by Crippen LogP contribution is 2.44. The Morgan fingerprint density at radius 1 is 0.589 bits per heavy atom. The van der Waals surface area contributed by atoms with Crippen molar-refractivity contribution in [3.8, 4) is 74.4 Å². The number of rotatable bonds is 19. The summed E-state index contributed by atoms with van der Waals surface area (Å²) in [7, 11) is 0. The summed E-state index contributed by atoms with van der Waals surface area (Å²) in [5.41, 5.74) is 24.7. The average Bonchev–Trinajstić information content (AvgIpc) is 1.62. The van der Waals surface area contributed by atoms with Crippen molar-refractivity contribution in [2.24, 2.45) is 35.0 Å². The number of halogens is 3. The SMILES string of the molecule is C=CC(=O)N1CC(C2CCNc3c(C(N)=O)c(-c4ccc(Oc5ccc(Cl)cc5)cc4)nn32)C1.C=CC(=O)Nc1cc(C)ccc1C1CCNc2c(C(N)=O)c(-c3ccc(OCC4CC4)cc3)nn21.CC#CC(=O)N1CCC(C2CCNc3c(C(N)=O)c(-c4ccc(Oc5ccc(F)cc5F)cc4)nn32)CC1. The lowest BCUT2D eigenvalue weighted by molar-refractivity contribution is -0.133.